The van der Waals surface area contributed by atoms with E-state index < -0.39 is 5.97 Å². The minimum atomic E-state index is -1.10. The molecule has 0 unspecified atom stereocenters. The van der Waals surface area contributed by atoms with Crippen LogP contribution in [0.25, 0.3) is 16.2 Å². The molecule has 0 aliphatic rings. The van der Waals surface area contributed by atoms with E-state index in [1.807, 2.05) is 6.92 Å². The zero-order valence-electron chi connectivity index (χ0n) is 11.0. The summed E-state index contributed by atoms with van der Waals surface area (Å²) in [7, 11) is 0. The summed E-state index contributed by atoms with van der Waals surface area (Å²) in [5, 5.41) is 10.8. The smallest absolute Gasteiger partial charge is 0.356 e. The lowest BCUT2D eigenvalue weighted by atomic mass is 10.1. The molecular formula is C14H11FN2O3S. The summed E-state index contributed by atoms with van der Waals surface area (Å²) in [5.41, 5.74) is 1.17. The Morgan fingerprint density at radius 3 is 3.05 bits per heavy atom. The topological polar surface area (TPSA) is 63.8 Å². The van der Waals surface area contributed by atoms with Gasteiger partial charge < -0.3 is 9.84 Å². The molecule has 0 spiro atoms. The highest BCUT2D eigenvalue weighted by Gasteiger charge is 2.16. The zero-order valence-corrected chi connectivity index (χ0v) is 11.9. The van der Waals surface area contributed by atoms with E-state index in [4.69, 9.17) is 9.84 Å². The molecule has 0 fully saturated rings. The summed E-state index contributed by atoms with van der Waals surface area (Å²) in [4.78, 5) is 15.5. The molecule has 0 aliphatic carbocycles. The van der Waals surface area contributed by atoms with Gasteiger partial charge in [0.2, 0.25) is 0 Å². The van der Waals surface area contributed by atoms with Crippen molar-refractivity contribution in [1.29, 1.82) is 0 Å². The molecular weight excluding hydrogens is 295 g/mol. The zero-order chi connectivity index (χ0) is 15.0. The minimum Gasteiger partial charge on any atom is -0.493 e. The number of aromatic nitrogens is 2. The SMILES string of the molecule is CCOc1ccc(F)cc1-c1csc2nc(C(=O)O)cn12. The number of halogens is 1. The van der Waals surface area contributed by atoms with Crippen molar-refractivity contribution in [1.82, 2.24) is 9.38 Å². The molecule has 2 heterocycles. The molecule has 7 heteroatoms. The van der Waals surface area contributed by atoms with E-state index in [0.717, 1.165) is 0 Å². The van der Waals surface area contributed by atoms with E-state index in [-0.39, 0.29) is 11.5 Å². The van der Waals surface area contributed by atoms with Gasteiger partial charge >= 0.3 is 5.97 Å². The van der Waals surface area contributed by atoms with Crippen molar-refractivity contribution in [3.63, 3.8) is 0 Å². The number of carbonyl (C=O) groups is 1. The van der Waals surface area contributed by atoms with Crippen LogP contribution in [0.5, 0.6) is 5.75 Å². The van der Waals surface area contributed by atoms with Crippen molar-refractivity contribution in [2.45, 2.75) is 6.92 Å². The van der Waals surface area contributed by atoms with Crippen LogP contribution in [-0.4, -0.2) is 27.1 Å². The van der Waals surface area contributed by atoms with E-state index >= 15 is 0 Å². The molecule has 21 heavy (non-hydrogen) atoms. The summed E-state index contributed by atoms with van der Waals surface area (Å²) in [5.74, 6) is -0.934. The first-order valence-corrected chi connectivity index (χ1v) is 7.10. The third kappa shape index (κ3) is 2.36. The maximum atomic E-state index is 13.5. The van der Waals surface area contributed by atoms with Gasteiger partial charge in [-0.2, -0.15) is 0 Å². The highest BCUT2D eigenvalue weighted by Crippen LogP contribution is 2.34. The lowest BCUT2D eigenvalue weighted by Gasteiger charge is -2.09. The maximum absolute atomic E-state index is 13.5. The number of rotatable bonds is 4. The molecule has 0 atom stereocenters. The van der Waals surface area contributed by atoms with Gasteiger partial charge in [-0.05, 0) is 25.1 Å². The summed E-state index contributed by atoms with van der Waals surface area (Å²) >= 11 is 1.29. The van der Waals surface area contributed by atoms with Gasteiger partial charge in [-0.3, -0.25) is 4.40 Å². The Morgan fingerprint density at radius 2 is 2.33 bits per heavy atom. The van der Waals surface area contributed by atoms with Gasteiger partial charge in [0.1, 0.15) is 11.6 Å². The Balaban J connectivity index is 2.19. The van der Waals surface area contributed by atoms with Crippen LogP contribution in [0.4, 0.5) is 4.39 Å². The predicted molar refractivity (Wildman–Crippen MR) is 76.6 cm³/mol. The minimum absolute atomic E-state index is 0.0440. The monoisotopic (exact) mass is 306 g/mol. The van der Waals surface area contributed by atoms with Crippen LogP contribution in [0.2, 0.25) is 0 Å². The van der Waals surface area contributed by atoms with E-state index in [0.29, 0.717) is 28.6 Å². The van der Waals surface area contributed by atoms with Crippen LogP contribution in [-0.2, 0) is 0 Å². The number of nitrogens with zero attached hydrogens (tertiary/aromatic N) is 2. The number of imidazole rings is 1. The van der Waals surface area contributed by atoms with Gasteiger partial charge in [-0.25, -0.2) is 14.2 Å². The molecule has 0 amide bonds. The number of aromatic carboxylic acids is 1. The lowest BCUT2D eigenvalue weighted by molar-refractivity contribution is 0.0691. The average Bonchev–Trinajstić information content (AvgIpc) is 3.01. The molecule has 0 radical (unpaired) electrons. The first-order valence-electron chi connectivity index (χ1n) is 6.22. The van der Waals surface area contributed by atoms with Gasteiger partial charge in [0.05, 0.1) is 12.3 Å². The average molecular weight is 306 g/mol. The Bertz CT molecular complexity index is 825. The van der Waals surface area contributed by atoms with Crippen molar-refractivity contribution >= 4 is 22.3 Å². The van der Waals surface area contributed by atoms with Crippen molar-refractivity contribution in [3.8, 4) is 17.0 Å². The molecule has 0 saturated carbocycles. The Morgan fingerprint density at radius 1 is 1.52 bits per heavy atom. The standard InChI is InChI=1S/C14H11FN2O3S/c1-2-20-12-4-3-8(15)5-9(12)11-7-21-14-16-10(13(18)19)6-17(11)14/h3-7H,2H2,1H3,(H,18,19). The molecule has 3 aromatic rings. The van der Waals surface area contributed by atoms with E-state index in [1.54, 1.807) is 15.8 Å². The molecule has 1 N–H and O–H groups in total. The van der Waals surface area contributed by atoms with Gasteiger partial charge in [0.15, 0.2) is 10.7 Å². The van der Waals surface area contributed by atoms with Crippen molar-refractivity contribution in [3.05, 3.63) is 41.3 Å². The van der Waals surface area contributed by atoms with Crippen molar-refractivity contribution in [2.75, 3.05) is 6.61 Å². The Kier molecular flexibility index (Phi) is 3.34. The second-order valence-corrected chi connectivity index (χ2v) is 5.11. The number of fused-ring (bicyclic) bond motifs is 1. The van der Waals surface area contributed by atoms with Gasteiger partial charge in [-0.1, -0.05) is 0 Å². The normalized spacial score (nSPS) is 11.0. The van der Waals surface area contributed by atoms with Crippen LogP contribution in [0.15, 0.2) is 29.8 Å². The molecule has 0 saturated heterocycles. The van der Waals surface area contributed by atoms with E-state index in [1.165, 1.54) is 29.7 Å². The predicted octanol–water partition coefficient (Wildman–Crippen LogP) is 3.30. The van der Waals surface area contributed by atoms with Crippen LogP contribution in [0.3, 0.4) is 0 Å². The Hall–Kier alpha value is -2.41. The third-order valence-electron chi connectivity index (χ3n) is 2.95. The first-order chi connectivity index (χ1) is 10.1. The molecule has 108 valence electrons. The first kappa shape index (κ1) is 13.6. The van der Waals surface area contributed by atoms with Crippen LogP contribution < -0.4 is 4.74 Å². The molecule has 3 rings (SSSR count). The number of hydrogen-bond acceptors (Lipinski definition) is 4. The quantitative estimate of drug-likeness (QED) is 0.803. The molecule has 2 aromatic heterocycles. The second kappa shape index (κ2) is 5.17. The highest BCUT2D eigenvalue weighted by atomic mass is 32.1. The number of carboxylic acid groups (broad SMARTS) is 1. The van der Waals surface area contributed by atoms with E-state index in [2.05, 4.69) is 4.98 Å². The fourth-order valence-corrected chi connectivity index (χ4v) is 2.94. The van der Waals surface area contributed by atoms with Crippen LogP contribution in [0.1, 0.15) is 17.4 Å². The summed E-state index contributed by atoms with van der Waals surface area (Å²) in [6.07, 6.45) is 1.42. The highest BCUT2D eigenvalue weighted by molar-refractivity contribution is 7.15. The number of carboxylic acids is 1. The molecule has 1 aromatic carbocycles. The largest absolute Gasteiger partial charge is 0.493 e. The van der Waals surface area contributed by atoms with Crippen LogP contribution >= 0.6 is 11.3 Å². The van der Waals surface area contributed by atoms with Gasteiger partial charge in [0.25, 0.3) is 0 Å². The van der Waals surface area contributed by atoms with E-state index in [9.17, 15) is 9.18 Å². The molecule has 0 aliphatic heterocycles. The summed E-state index contributed by atoms with van der Waals surface area (Å²) in [6.45, 7) is 2.30. The van der Waals surface area contributed by atoms with Crippen molar-refractivity contribution in [2.24, 2.45) is 0 Å². The molecule has 0 bridgehead atoms. The Labute approximate surface area is 123 Å². The fraction of sp³-hybridized carbons (Fsp3) is 0.143. The maximum Gasteiger partial charge on any atom is 0.356 e. The number of hydrogen-bond donors (Lipinski definition) is 1. The number of ether oxygens (including phenoxy) is 1. The summed E-state index contributed by atoms with van der Waals surface area (Å²) in [6, 6.07) is 4.26. The van der Waals surface area contributed by atoms with Gasteiger partial charge in [-0.15, -0.1) is 11.3 Å². The summed E-state index contributed by atoms with van der Waals surface area (Å²) < 4.78 is 20.7. The number of thiazole rings is 1. The number of benzene rings is 1. The third-order valence-corrected chi connectivity index (χ3v) is 3.79. The van der Waals surface area contributed by atoms with Crippen molar-refractivity contribution < 1.29 is 19.0 Å². The lowest BCUT2D eigenvalue weighted by Crippen LogP contribution is -1.97. The van der Waals surface area contributed by atoms with Crippen LogP contribution in [0, 0.1) is 5.82 Å². The fourth-order valence-electron chi connectivity index (χ4n) is 2.06. The van der Waals surface area contributed by atoms with Gasteiger partial charge in [0, 0.05) is 17.1 Å². The second-order valence-electron chi connectivity index (χ2n) is 4.28. The molecule has 5 nitrogen and oxygen atoms in total.